The zero-order valence-electron chi connectivity index (χ0n) is 37.8. The second-order valence-corrected chi connectivity index (χ2v) is 17.9. The summed E-state index contributed by atoms with van der Waals surface area (Å²) in [5, 5.41) is 2.23. The molecule has 0 atom stereocenters. The van der Waals surface area contributed by atoms with Crippen molar-refractivity contribution in [3.63, 3.8) is 0 Å². The molecule has 0 aliphatic heterocycles. The normalized spacial score (nSPS) is 12.5. The molecular formula is C67H45NO. The Balaban J connectivity index is 0.976. The molecule has 11 aromatic carbocycles. The summed E-state index contributed by atoms with van der Waals surface area (Å²) < 4.78 is 6.57. The van der Waals surface area contributed by atoms with Crippen molar-refractivity contribution in [2.45, 2.75) is 5.41 Å². The summed E-state index contributed by atoms with van der Waals surface area (Å²) in [6.45, 7) is 0. The average Bonchev–Trinajstić information content (AvgIpc) is 3.96. The number of fused-ring (bicyclic) bond motifs is 6. The Morgan fingerprint density at radius 2 is 0.768 bits per heavy atom. The first-order valence-corrected chi connectivity index (χ1v) is 23.7. The van der Waals surface area contributed by atoms with Gasteiger partial charge in [-0.2, -0.15) is 0 Å². The molecule has 0 bridgehead atoms. The van der Waals surface area contributed by atoms with Gasteiger partial charge < -0.3 is 9.32 Å². The largest absolute Gasteiger partial charge is 0.455 e. The van der Waals surface area contributed by atoms with Crippen LogP contribution in [0.25, 0.3) is 77.6 Å². The van der Waals surface area contributed by atoms with Crippen molar-refractivity contribution in [3.8, 4) is 55.6 Å². The number of furan rings is 1. The summed E-state index contributed by atoms with van der Waals surface area (Å²) in [5.41, 5.74) is 21.4. The number of hydrogen-bond donors (Lipinski definition) is 0. The van der Waals surface area contributed by atoms with E-state index in [9.17, 15) is 0 Å². The molecule has 1 aliphatic rings. The van der Waals surface area contributed by atoms with Gasteiger partial charge >= 0.3 is 0 Å². The first-order chi connectivity index (χ1) is 34.2. The monoisotopic (exact) mass is 879 g/mol. The van der Waals surface area contributed by atoms with Crippen LogP contribution in [0.1, 0.15) is 22.3 Å². The first-order valence-electron chi connectivity index (χ1n) is 23.7. The topological polar surface area (TPSA) is 16.4 Å². The van der Waals surface area contributed by atoms with Gasteiger partial charge in [-0.05, 0) is 109 Å². The molecule has 13 rings (SSSR count). The highest BCUT2D eigenvalue weighted by molar-refractivity contribution is 6.10. The molecule has 0 fully saturated rings. The summed E-state index contributed by atoms with van der Waals surface area (Å²) in [4.78, 5) is 2.45. The lowest BCUT2D eigenvalue weighted by Crippen LogP contribution is -2.28. The van der Waals surface area contributed by atoms with E-state index in [0.29, 0.717) is 0 Å². The van der Waals surface area contributed by atoms with E-state index < -0.39 is 5.41 Å². The van der Waals surface area contributed by atoms with Gasteiger partial charge in [0, 0.05) is 33.3 Å². The zero-order chi connectivity index (χ0) is 45.7. The first kappa shape index (κ1) is 40.3. The molecule has 2 nitrogen and oxygen atoms in total. The van der Waals surface area contributed by atoms with Crippen LogP contribution >= 0.6 is 0 Å². The molecule has 69 heavy (non-hydrogen) atoms. The maximum atomic E-state index is 6.57. The molecule has 0 amide bonds. The van der Waals surface area contributed by atoms with Crippen LogP contribution in [0.5, 0.6) is 0 Å². The Morgan fingerprint density at radius 3 is 1.39 bits per heavy atom. The van der Waals surface area contributed by atoms with E-state index in [0.717, 1.165) is 61.3 Å². The maximum Gasteiger partial charge on any atom is 0.143 e. The van der Waals surface area contributed by atoms with E-state index in [1.54, 1.807) is 0 Å². The van der Waals surface area contributed by atoms with E-state index in [4.69, 9.17) is 4.42 Å². The number of hydrogen-bond acceptors (Lipinski definition) is 2. The fourth-order valence-electron chi connectivity index (χ4n) is 11.1. The third-order valence-electron chi connectivity index (χ3n) is 14.2. The molecule has 1 aromatic heterocycles. The van der Waals surface area contributed by atoms with Crippen LogP contribution < -0.4 is 4.90 Å². The predicted octanol–water partition coefficient (Wildman–Crippen LogP) is 18.1. The van der Waals surface area contributed by atoms with Gasteiger partial charge in [-0.1, -0.05) is 231 Å². The van der Waals surface area contributed by atoms with Gasteiger partial charge in [0.2, 0.25) is 0 Å². The molecule has 0 N–H and O–H groups in total. The van der Waals surface area contributed by atoms with Crippen LogP contribution in [0.2, 0.25) is 0 Å². The number of para-hydroxylation sites is 1. The number of anilines is 3. The van der Waals surface area contributed by atoms with Crippen molar-refractivity contribution in [3.05, 3.63) is 295 Å². The molecule has 0 radical (unpaired) electrons. The third-order valence-corrected chi connectivity index (χ3v) is 14.2. The molecule has 0 saturated heterocycles. The van der Waals surface area contributed by atoms with Gasteiger partial charge in [-0.3, -0.25) is 0 Å². The van der Waals surface area contributed by atoms with Crippen LogP contribution in [-0.2, 0) is 5.41 Å². The number of rotatable bonds is 9. The number of benzene rings is 11. The lowest BCUT2D eigenvalue weighted by atomic mass is 9.68. The Morgan fingerprint density at radius 1 is 0.304 bits per heavy atom. The molecule has 12 aromatic rings. The Hall–Kier alpha value is -8.98. The van der Waals surface area contributed by atoms with Crippen LogP contribution in [-0.4, -0.2) is 0 Å². The molecule has 0 unspecified atom stereocenters. The summed E-state index contributed by atoms with van der Waals surface area (Å²) in [6.07, 6.45) is 0. The van der Waals surface area contributed by atoms with E-state index in [-0.39, 0.29) is 0 Å². The highest BCUT2D eigenvalue weighted by Crippen LogP contribution is 2.59. The van der Waals surface area contributed by atoms with Crippen LogP contribution in [0, 0.1) is 0 Å². The quantitative estimate of drug-likeness (QED) is 0.144. The van der Waals surface area contributed by atoms with Gasteiger partial charge in [0.1, 0.15) is 11.2 Å². The molecule has 1 heterocycles. The maximum absolute atomic E-state index is 6.57. The van der Waals surface area contributed by atoms with Crippen molar-refractivity contribution in [2.24, 2.45) is 0 Å². The number of nitrogens with zero attached hydrogens (tertiary/aromatic N) is 1. The van der Waals surface area contributed by atoms with Gasteiger partial charge in [0.05, 0.1) is 11.1 Å². The summed E-state index contributed by atoms with van der Waals surface area (Å²) in [7, 11) is 0. The van der Waals surface area contributed by atoms with Gasteiger partial charge in [0.15, 0.2) is 0 Å². The lowest BCUT2D eigenvalue weighted by molar-refractivity contribution is 0.670. The zero-order valence-corrected chi connectivity index (χ0v) is 37.8. The van der Waals surface area contributed by atoms with Crippen molar-refractivity contribution < 1.29 is 4.42 Å². The second-order valence-electron chi connectivity index (χ2n) is 17.9. The van der Waals surface area contributed by atoms with Crippen molar-refractivity contribution >= 4 is 39.0 Å². The van der Waals surface area contributed by atoms with Crippen molar-refractivity contribution in [1.29, 1.82) is 0 Å². The van der Waals surface area contributed by atoms with Crippen LogP contribution in [0.3, 0.4) is 0 Å². The van der Waals surface area contributed by atoms with Crippen molar-refractivity contribution in [2.75, 3.05) is 4.90 Å². The third kappa shape index (κ3) is 6.64. The van der Waals surface area contributed by atoms with Crippen LogP contribution in [0.15, 0.2) is 277 Å². The summed E-state index contributed by atoms with van der Waals surface area (Å²) in [6, 6.07) is 99.1. The Kier molecular flexibility index (Phi) is 9.77. The van der Waals surface area contributed by atoms with Crippen LogP contribution in [0.4, 0.5) is 17.1 Å². The minimum Gasteiger partial charge on any atom is -0.455 e. The van der Waals surface area contributed by atoms with E-state index >= 15 is 0 Å². The standard InChI is InChI=1S/C67H45NO/c1-5-19-47(20-6-1)55-27-13-14-28-56(55)49-37-42-54(43-38-49)68(53-40-35-46(36-41-53)50-39-44-64-60(45-50)58-31-17-30-57(66(58)69-64)48-21-7-2-8-22-48)63-34-18-33-62-65(63)59-29-15-16-32-61(59)67(62,51-23-9-3-10-24-51)52-25-11-4-12-26-52/h1-45H. The Bertz CT molecular complexity index is 3760. The van der Waals surface area contributed by atoms with E-state index in [1.165, 1.54) is 55.6 Å². The predicted molar refractivity (Wildman–Crippen MR) is 287 cm³/mol. The summed E-state index contributed by atoms with van der Waals surface area (Å²) in [5.74, 6) is 0. The van der Waals surface area contributed by atoms with E-state index in [1.807, 2.05) is 0 Å². The van der Waals surface area contributed by atoms with Gasteiger partial charge in [0.25, 0.3) is 0 Å². The van der Waals surface area contributed by atoms with Crippen molar-refractivity contribution in [1.82, 2.24) is 0 Å². The summed E-state index contributed by atoms with van der Waals surface area (Å²) >= 11 is 0. The highest BCUT2D eigenvalue weighted by Gasteiger charge is 2.47. The molecule has 1 aliphatic carbocycles. The van der Waals surface area contributed by atoms with Gasteiger partial charge in [-0.25, -0.2) is 0 Å². The average molecular weight is 880 g/mol. The lowest BCUT2D eigenvalue weighted by Gasteiger charge is -2.34. The minimum atomic E-state index is -0.525. The minimum absolute atomic E-state index is 0.525. The van der Waals surface area contributed by atoms with E-state index in [2.05, 4.69) is 278 Å². The van der Waals surface area contributed by atoms with Gasteiger partial charge in [-0.15, -0.1) is 0 Å². The fourth-order valence-corrected chi connectivity index (χ4v) is 11.1. The fraction of sp³-hybridized carbons (Fsp3) is 0.0149. The molecule has 0 spiro atoms. The Labute approximate surface area is 402 Å². The smallest absolute Gasteiger partial charge is 0.143 e. The molecule has 324 valence electrons. The SMILES string of the molecule is c1ccc(-c2ccccc2-c2ccc(N(c3ccc(-c4ccc5oc6c(-c7ccccc7)cccc6c5c4)cc3)c3cccc4c3-c3ccccc3C4(c3ccccc3)c3ccccc3)cc2)cc1. The highest BCUT2D eigenvalue weighted by atomic mass is 16.3. The molecule has 2 heteroatoms. The molecular weight excluding hydrogens is 835 g/mol. The molecule has 0 saturated carbocycles. The second kappa shape index (κ2) is 16.7.